The number of fused-ring (bicyclic) bond motifs is 4. The fourth-order valence-corrected chi connectivity index (χ4v) is 5.14. The molecule has 3 heterocycles. The van der Waals surface area contributed by atoms with Gasteiger partial charge in [0.2, 0.25) is 5.91 Å². The highest BCUT2D eigenvalue weighted by atomic mass is 35.5. The lowest BCUT2D eigenvalue weighted by Gasteiger charge is -2.43. The molecular formula is C19H22Cl2N2O2. The van der Waals surface area contributed by atoms with Crippen molar-refractivity contribution in [3.8, 4) is 0 Å². The first-order chi connectivity index (χ1) is 11.8. The molecule has 0 aromatic carbocycles. The standard InChI is InChI=1S/C19H22Cl2N2O2/c1-19(2)13(7-15(20)21)17(19)18(25)22-8-11-6-12(10-22)14-4-3-5-16(24)23(14)9-11/h3-5,7,11-13,17H,6,8-10H2,1-2H3/t11-,12+,13?,17?/m1/s1. The van der Waals surface area contributed by atoms with Gasteiger partial charge in [0, 0.05) is 37.3 Å². The van der Waals surface area contributed by atoms with Crippen molar-refractivity contribution in [3.05, 3.63) is 44.8 Å². The van der Waals surface area contributed by atoms with Crippen molar-refractivity contribution in [1.82, 2.24) is 9.47 Å². The summed E-state index contributed by atoms with van der Waals surface area (Å²) in [6, 6.07) is 5.46. The Labute approximate surface area is 157 Å². The number of rotatable bonds is 2. The molecule has 1 saturated carbocycles. The van der Waals surface area contributed by atoms with Crippen molar-refractivity contribution < 1.29 is 4.79 Å². The van der Waals surface area contributed by atoms with Gasteiger partial charge in [-0.1, -0.05) is 43.1 Å². The van der Waals surface area contributed by atoms with Crippen LogP contribution in [0.1, 0.15) is 31.9 Å². The second-order valence-electron chi connectivity index (χ2n) is 8.22. The molecule has 2 bridgehead atoms. The third-order valence-electron chi connectivity index (χ3n) is 6.27. The lowest BCUT2D eigenvalue weighted by molar-refractivity contribution is -0.136. The number of likely N-dealkylation sites (tertiary alicyclic amines) is 1. The van der Waals surface area contributed by atoms with Crippen LogP contribution < -0.4 is 5.56 Å². The number of nitrogens with zero attached hydrogens (tertiary/aromatic N) is 2. The Morgan fingerprint density at radius 3 is 2.72 bits per heavy atom. The van der Waals surface area contributed by atoms with Gasteiger partial charge in [0.05, 0.1) is 5.92 Å². The van der Waals surface area contributed by atoms with Crippen molar-refractivity contribution >= 4 is 29.1 Å². The van der Waals surface area contributed by atoms with Crippen LogP contribution in [0.4, 0.5) is 0 Å². The zero-order chi connectivity index (χ0) is 17.9. The number of amides is 1. The smallest absolute Gasteiger partial charge is 0.250 e. The maximum Gasteiger partial charge on any atom is 0.250 e. The number of pyridine rings is 1. The molecule has 0 spiro atoms. The molecule has 4 rings (SSSR count). The predicted octanol–water partition coefficient (Wildman–Crippen LogP) is 3.39. The fourth-order valence-electron chi connectivity index (χ4n) is 4.87. The highest BCUT2D eigenvalue weighted by molar-refractivity contribution is 6.55. The van der Waals surface area contributed by atoms with Gasteiger partial charge in [-0.05, 0) is 35.8 Å². The molecule has 0 N–H and O–H groups in total. The van der Waals surface area contributed by atoms with E-state index in [2.05, 4.69) is 13.8 Å². The Kier molecular flexibility index (Phi) is 4.04. The van der Waals surface area contributed by atoms with Crippen molar-refractivity contribution in [2.75, 3.05) is 13.1 Å². The van der Waals surface area contributed by atoms with Crippen LogP contribution in [0.3, 0.4) is 0 Å². The van der Waals surface area contributed by atoms with Gasteiger partial charge < -0.3 is 9.47 Å². The van der Waals surface area contributed by atoms with Gasteiger partial charge in [0.1, 0.15) is 4.49 Å². The maximum absolute atomic E-state index is 13.1. The summed E-state index contributed by atoms with van der Waals surface area (Å²) < 4.78 is 2.12. The Morgan fingerprint density at radius 1 is 1.24 bits per heavy atom. The van der Waals surface area contributed by atoms with E-state index in [9.17, 15) is 9.59 Å². The largest absolute Gasteiger partial charge is 0.341 e. The summed E-state index contributed by atoms with van der Waals surface area (Å²) in [4.78, 5) is 27.2. The lowest BCUT2D eigenvalue weighted by atomic mass is 9.83. The average molecular weight is 381 g/mol. The third-order valence-corrected chi connectivity index (χ3v) is 6.53. The van der Waals surface area contributed by atoms with E-state index < -0.39 is 0 Å². The number of carbonyl (C=O) groups is 1. The third kappa shape index (κ3) is 2.83. The molecule has 1 saturated heterocycles. The van der Waals surface area contributed by atoms with Crippen LogP contribution in [0.25, 0.3) is 0 Å². The highest BCUT2D eigenvalue weighted by Gasteiger charge is 2.61. The summed E-state index contributed by atoms with van der Waals surface area (Å²) in [5.41, 5.74) is 1.03. The van der Waals surface area contributed by atoms with Crippen LogP contribution in [0, 0.1) is 23.2 Å². The van der Waals surface area contributed by atoms with E-state index in [1.807, 2.05) is 21.6 Å². The summed E-state index contributed by atoms with van der Waals surface area (Å²) in [6.45, 7) is 6.31. The minimum atomic E-state index is -0.104. The van der Waals surface area contributed by atoms with Gasteiger partial charge in [-0.15, -0.1) is 0 Å². The normalized spacial score (nSPS) is 31.9. The molecule has 2 aliphatic heterocycles. The maximum atomic E-state index is 13.1. The summed E-state index contributed by atoms with van der Waals surface area (Å²) in [5, 5.41) is 0. The molecule has 134 valence electrons. The molecular weight excluding hydrogens is 359 g/mol. The van der Waals surface area contributed by atoms with E-state index in [-0.39, 0.29) is 39.1 Å². The minimum Gasteiger partial charge on any atom is -0.341 e. The second kappa shape index (κ2) is 5.88. The summed E-state index contributed by atoms with van der Waals surface area (Å²) in [6.07, 6.45) is 2.85. The monoisotopic (exact) mass is 380 g/mol. The quantitative estimate of drug-likeness (QED) is 0.788. The van der Waals surface area contributed by atoms with Gasteiger partial charge in [-0.2, -0.15) is 0 Å². The number of hydrogen-bond acceptors (Lipinski definition) is 2. The average Bonchev–Trinajstić information content (AvgIpc) is 3.07. The fraction of sp³-hybridized carbons (Fsp3) is 0.579. The molecule has 3 aliphatic rings. The van der Waals surface area contributed by atoms with E-state index in [1.54, 1.807) is 12.1 Å². The van der Waals surface area contributed by atoms with Crippen molar-refractivity contribution in [2.45, 2.75) is 32.7 Å². The number of piperidine rings is 1. The summed E-state index contributed by atoms with van der Waals surface area (Å²) in [7, 11) is 0. The van der Waals surface area contributed by atoms with Crippen LogP contribution in [0.15, 0.2) is 33.6 Å². The van der Waals surface area contributed by atoms with Gasteiger partial charge in [0.25, 0.3) is 5.56 Å². The van der Waals surface area contributed by atoms with E-state index in [1.165, 1.54) is 0 Å². The SMILES string of the molecule is CC1(C)C(C=C(Cl)Cl)C1C(=O)N1C[C@H]2C[C@@H](C1)c1cccc(=O)n1C2. The lowest BCUT2D eigenvalue weighted by Crippen LogP contribution is -2.49. The molecule has 6 heteroatoms. The Bertz CT molecular complexity index is 810. The van der Waals surface area contributed by atoms with Gasteiger partial charge >= 0.3 is 0 Å². The first kappa shape index (κ1) is 17.2. The Balaban J connectivity index is 1.56. The van der Waals surface area contributed by atoms with Crippen LogP contribution in [0.5, 0.6) is 0 Å². The predicted molar refractivity (Wildman–Crippen MR) is 98.7 cm³/mol. The van der Waals surface area contributed by atoms with Crippen LogP contribution in [-0.2, 0) is 11.3 Å². The van der Waals surface area contributed by atoms with Gasteiger partial charge in [-0.25, -0.2) is 0 Å². The number of halogens is 2. The van der Waals surface area contributed by atoms with Crippen molar-refractivity contribution in [2.24, 2.45) is 23.2 Å². The van der Waals surface area contributed by atoms with Gasteiger partial charge in [0.15, 0.2) is 0 Å². The Morgan fingerprint density at radius 2 is 2.00 bits per heavy atom. The molecule has 1 aromatic heterocycles. The molecule has 4 nitrogen and oxygen atoms in total. The van der Waals surface area contributed by atoms with E-state index in [0.29, 0.717) is 19.0 Å². The molecule has 25 heavy (non-hydrogen) atoms. The van der Waals surface area contributed by atoms with E-state index in [0.717, 1.165) is 18.7 Å². The highest BCUT2D eigenvalue weighted by Crippen LogP contribution is 2.60. The van der Waals surface area contributed by atoms with Crippen LogP contribution >= 0.6 is 23.2 Å². The molecule has 1 aliphatic carbocycles. The van der Waals surface area contributed by atoms with Crippen molar-refractivity contribution in [1.29, 1.82) is 0 Å². The molecule has 2 unspecified atom stereocenters. The van der Waals surface area contributed by atoms with E-state index >= 15 is 0 Å². The zero-order valence-corrected chi connectivity index (χ0v) is 15.9. The van der Waals surface area contributed by atoms with Crippen LogP contribution in [0.2, 0.25) is 0 Å². The van der Waals surface area contributed by atoms with Gasteiger partial charge in [-0.3, -0.25) is 9.59 Å². The number of carbonyl (C=O) groups excluding carboxylic acids is 1. The number of aromatic nitrogens is 1. The van der Waals surface area contributed by atoms with Crippen LogP contribution in [-0.4, -0.2) is 28.5 Å². The number of allylic oxidation sites excluding steroid dienone is 1. The topological polar surface area (TPSA) is 42.3 Å². The molecule has 2 fully saturated rings. The summed E-state index contributed by atoms with van der Waals surface area (Å²) in [5.74, 6) is 0.835. The first-order valence-corrected chi connectivity index (χ1v) is 9.56. The zero-order valence-electron chi connectivity index (χ0n) is 14.4. The second-order valence-corrected chi connectivity index (χ2v) is 9.23. The minimum absolute atomic E-state index is 0.0585. The molecule has 0 radical (unpaired) electrons. The number of hydrogen-bond donors (Lipinski definition) is 0. The molecule has 4 atom stereocenters. The van der Waals surface area contributed by atoms with Crippen molar-refractivity contribution in [3.63, 3.8) is 0 Å². The molecule has 1 aromatic rings. The first-order valence-electron chi connectivity index (χ1n) is 8.80. The summed E-state index contributed by atoms with van der Waals surface area (Å²) >= 11 is 11.6. The van der Waals surface area contributed by atoms with E-state index in [4.69, 9.17) is 23.2 Å². The molecule has 1 amide bonds. The Hall–Kier alpha value is -1.26.